The molecule has 0 aromatic heterocycles. The molecule has 1 aromatic rings. The van der Waals surface area contributed by atoms with Crippen molar-refractivity contribution in [1.82, 2.24) is 4.90 Å². The van der Waals surface area contributed by atoms with Gasteiger partial charge in [0.2, 0.25) is 12.5 Å². The van der Waals surface area contributed by atoms with Crippen molar-refractivity contribution in [3.8, 4) is 17.2 Å². The number of aliphatic carboxylic acids is 1. The molecule has 1 aromatic carbocycles. The quantitative estimate of drug-likeness (QED) is 0.889. The van der Waals surface area contributed by atoms with Crippen molar-refractivity contribution in [2.75, 3.05) is 27.0 Å². The summed E-state index contributed by atoms with van der Waals surface area (Å²) in [6, 6.07) is 3.90. The van der Waals surface area contributed by atoms with Gasteiger partial charge in [0.15, 0.2) is 11.5 Å². The Hall–Kier alpha value is -1.95. The van der Waals surface area contributed by atoms with Crippen molar-refractivity contribution in [1.29, 1.82) is 0 Å². The first kappa shape index (κ1) is 14.0. The number of hydrogen-bond acceptors (Lipinski definition) is 5. The van der Waals surface area contributed by atoms with Crippen LogP contribution in [0.4, 0.5) is 0 Å². The SMILES string of the molecule is COc1cc(CN2CC(C(C)C(=O)O)C2)cc2c1OCO2. The molecule has 21 heavy (non-hydrogen) atoms. The number of fused-ring (bicyclic) bond motifs is 1. The minimum absolute atomic E-state index is 0.219. The molecule has 2 aliphatic rings. The first-order valence-electron chi connectivity index (χ1n) is 7.00. The van der Waals surface area contributed by atoms with Crippen molar-refractivity contribution in [3.63, 3.8) is 0 Å². The van der Waals surface area contributed by atoms with E-state index in [1.807, 2.05) is 12.1 Å². The standard InChI is InChI=1S/C15H19NO5/c1-9(15(17)18)11-6-16(7-11)5-10-3-12(19-2)14-13(4-10)20-8-21-14/h3-4,9,11H,5-8H2,1-2H3,(H,17,18). The summed E-state index contributed by atoms with van der Waals surface area (Å²) < 4.78 is 16.1. The van der Waals surface area contributed by atoms with Crippen LogP contribution in [-0.4, -0.2) is 43.0 Å². The van der Waals surface area contributed by atoms with Gasteiger partial charge in [0.1, 0.15) is 0 Å². The normalized spacial score (nSPS) is 19.1. The number of hydrogen-bond donors (Lipinski definition) is 1. The van der Waals surface area contributed by atoms with E-state index in [-0.39, 0.29) is 18.6 Å². The van der Waals surface area contributed by atoms with Gasteiger partial charge in [-0.25, -0.2) is 0 Å². The smallest absolute Gasteiger partial charge is 0.306 e. The number of carbonyl (C=O) groups is 1. The van der Waals surface area contributed by atoms with Crippen LogP contribution < -0.4 is 14.2 Å². The maximum Gasteiger partial charge on any atom is 0.306 e. The van der Waals surface area contributed by atoms with Crippen molar-refractivity contribution >= 4 is 5.97 Å². The van der Waals surface area contributed by atoms with E-state index in [0.29, 0.717) is 17.2 Å². The number of ether oxygens (including phenoxy) is 3. The lowest BCUT2D eigenvalue weighted by Crippen LogP contribution is -2.50. The Kier molecular flexibility index (Phi) is 3.63. The van der Waals surface area contributed by atoms with E-state index in [1.165, 1.54) is 0 Å². The minimum Gasteiger partial charge on any atom is -0.493 e. The van der Waals surface area contributed by atoms with Crippen LogP contribution >= 0.6 is 0 Å². The van der Waals surface area contributed by atoms with E-state index < -0.39 is 5.97 Å². The van der Waals surface area contributed by atoms with Gasteiger partial charge < -0.3 is 19.3 Å². The van der Waals surface area contributed by atoms with Gasteiger partial charge in [-0.3, -0.25) is 9.69 Å². The number of nitrogens with zero attached hydrogens (tertiary/aromatic N) is 1. The Balaban J connectivity index is 1.64. The second-order valence-corrected chi connectivity index (χ2v) is 5.61. The molecule has 0 radical (unpaired) electrons. The maximum absolute atomic E-state index is 10.9. The van der Waals surface area contributed by atoms with Gasteiger partial charge in [0.25, 0.3) is 0 Å². The lowest BCUT2D eigenvalue weighted by atomic mass is 9.87. The third kappa shape index (κ3) is 2.63. The van der Waals surface area contributed by atoms with E-state index in [1.54, 1.807) is 14.0 Å². The number of likely N-dealkylation sites (tertiary alicyclic amines) is 1. The van der Waals surface area contributed by atoms with E-state index in [2.05, 4.69) is 4.90 Å². The summed E-state index contributed by atoms with van der Waals surface area (Å²) in [5, 5.41) is 9.00. The summed E-state index contributed by atoms with van der Waals surface area (Å²) >= 11 is 0. The molecule has 0 bridgehead atoms. The molecule has 114 valence electrons. The Bertz CT molecular complexity index is 553. The van der Waals surface area contributed by atoms with Crippen LogP contribution in [0.15, 0.2) is 12.1 Å². The molecule has 6 nitrogen and oxygen atoms in total. The second kappa shape index (κ2) is 5.44. The summed E-state index contributed by atoms with van der Waals surface area (Å²) in [5.41, 5.74) is 1.08. The molecule has 0 aliphatic carbocycles. The monoisotopic (exact) mass is 293 g/mol. The van der Waals surface area contributed by atoms with Gasteiger partial charge in [-0.1, -0.05) is 6.92 Å². The number of benzene rings is 1. The zero-order chi connectivity index (χ0) is 15.0. The zero-order valence-corrected chi connectivity index (χ0v) is 12.2. The van der Waals surface area contributed by atoms with Crippen molar-refractivity contribution in [3.05, 3.63) is 17.7 Å². The number of carboxylic acid groups (broad SMARTS) is 1. The molecule has 0 spiro atoms. The summed E-state index contributed by atoms with van der Waals surface area (Å²) in [6.45, 7) is 4.37. The number of carboxylic acids is 1. The Morgan fingerprint density at radius 3 is 2.90 bits per heavy atom. The molecule has 1 atom stereocenters. The number of rotatable bonds is 5. The average Bonchev–Trinajstić information content (AvgIpc) is 2.88. The third-order valence-corrected chi connectivity index (χ3v) is 4.21. The van der Waals surface area contributed by atoms with Crippen LogP contribution in [0, 0.1) is 11.8 Å². The van der Waals surface area contributed by atoms with Crippen molar-refractivity contribution in [2.45, 2.75) is 13.5 Å². The molecule has 1 unspecified atom stereocenters. The van der Waals surface area contributed by atoms with Gasteiger partial charge >= 0.3 is 5.97 Å². The summed E-state index contributed by atoms with van der Waals surface area (Å²) in [7, 11) is 1.61. The molecular weight excluding hydrogens is 274 g/mol. The highest BCUT2D eigenvalue weighted by atomic mass is 16.7. The second-order valence-electron chi connectivity index (χ2n) is 5.61. The fourth-order valence-corrected chi connectivity index (χ4v) is 2.79. The third-order valence-electron chi connectivity index (χ3n) is 4.21. The molecule has 6 heteroatoms. The predicted octanol–water partition coefficient (Wildman–Crippen LogP) is 1.58. The zero-order valence-electron chi connectivity index (χ0n) is 12.2. The molecular formula is C15H19NO5. The van der Waals surface area contributed by atoms with E-state index in [4.69, 9.17) is 19.3 Å². The fourth-order valence-electron chi connectivity index (χ4n) is 2.79. The molecule has 2 heterocycles. The summed E-state index contributed by atoms with van der Waals surface area (Å²) in [4.78, 5) is 13.2. The van der Waals surface area contributed by atoms with Crippen LogP contribution in [0.1, 0.15) is 12.5 Å². The first-order valence-corrected chi connectivity index (χ1v) is 7.00. The van der Waals surface area contributed by atoms with Crippen LogP contribution in [0.2, 0.25) is 0 Å². The van der Waals surface area contributed by atoms with E-state index in [9.17, 15) is 4.79 Å². The fraction of sp³-hybridized carbons (Fsp3) is 0.533. The van der Waals surface area contributed by atoms with Gasteiger partial charge in [0.05, 0.1) is 13.0 Å². The minimum atomic E-state index is -0.718. The van der Waals surface area contributed by atoms with Gasteiger partial charge in [-0.2, -0.15) is 0 Å². The van der Waals surface area contributed by atoms with E-state index >= 15 is 0 Å². The van der Waals surface area contributed by atoms with Crippen molar-refractivity contribution in [2.24, 2.45) is 11.8 Å². The molecule has 1 N–H and O–H groups in total. The molecule has 1 fully saturated rings. The molecule has 1 saturated heterocycles. The molecule has 2 aliphatic heterocycles. The van der Waals surface area contributed by atoms with Crippen LogP contribution in [-0.2, 0) is 11.3 Å². The van der Waals surface area contributed by atoms with E-state index in [0.717, 1.165) is 25.2 Å². The van der Waals surface area contributed by atoms with Gasteiger partial charge in [-0.15, -0.1) is 0 Å². The topological polar surface area (TPSA) is 68.2 Å². The Morgan fingerprint density at radius 2 is 2.24 bits per heavy atom. The van der Waals surface area contributed by atoms with Crippen LogP contribution in [0.3, 0.4) is 0 Å². The Morgan fingerprint density at radius 1 is 1.48 bits per heavy atom. The lowest BCUT2D eigenvalue weighted by molar-refractivity contribution is -0.145. The summed E-state index contributed by atoms with van der Waals surface area (Å²) in [6.07, 6.45) is 0. The van der Waals surface area contributed by atoms with Crippen molar-refractivity contribution < 1.29 is 24.1 Å². The largest absolute Gasteiger partial charge is 0.493 e. The Labute approximate surface area is 123 Å². The van der Waals surface area contributed by atoms with Crippen LogP contribution in [0.5, 0.6) is 17.2 Å². The highest BCUT2D eigenvalue weighted by Crippen LogP contribution is 2.42. The molecule has 0 amide bonds. The van der Waals surface area contributed by atoms with Gasteiger partial charge in [-0.05, 0) is 23.6 Å². The lowest BCUT2D eigenvalue weighted by Gasteiger charge is -2.41. The average molecular weight is 293 g/mol. The highest BCUT2D eigenvalue weighted by molar-refractivity contribution is 5.70. The van der Waals surface area contributed by atoms with Crippen LogP contribution in [0.25, 0.3) is 0 Å². The van der Waals surface area contributed by atoms with Gasteiger partial charge in [0, 0.05) is 19.6 Å². The molecule has 0 saturated carbocycles. The summed E-state index contributed by atoms with van der Waals surface area (Å²) in [5.74, 6) is 1.27. The maximum atomic E-state index is 10.9. The molecule has 3 rings (SSSR count). The highest BCUT2D eigenvalue weighted by Gasteiger charge is 2.34. The predicted molar refractivity (Wildman–Crippen MR) is 74.7 cm³/mol. The number of methoxy groups -OCH3 is 1. The first-order chi connectivity index (χ1) is 10.1.